The van der Waals surface area contributed by atoms with Crippen LogP contribution in [0.3, 0.4) is 0 Å². The molecule has 6 nitrogen and oxygen atoms in total. The number of ether oxygens (including phenoxy) is 2. The van der Waals surface area contributed by atoms with E-state index in [4.69, 9.17) is 15.2 Å². The fourth-order valence-electron chi connectivity index (χ4n) is 3.88. The first-order valence-electron chi connectivity index (χ1n) is 9.48. The summed E-state index contributed by atoms with van der Waals surface area (Å²) < 4.78 is 11.5. The highest BCUT2D eigenvalue weighted by Crippen LogP contribution is 2.29. The van der Waals surface area contributed by atoms with Gasteiger partial charge in [0.1, 0.15) is 5.75 Å². The van der Waals surface area contributed by atoms with Crippen molar-refractivity contribution < 1.29 is 14.3 Å². The number of anilines is 1. The highest BCUT2D eigenvalue weighted by atomic mass is 16.5. The number of nitrogens with two attached hydrogens (primary N) is 1. The number of hydrogen-bond donors (Lipinski definition) is 2. The van der Waals surface area contributed by atoms with Gasteiger partial charge in [-0.1, -0.05) is 5.92 Å². The topological polar surface area (TPSA) is 76.8 Å². The summed E-state index contributed by atoms with van der Waals surface area (Å²) in [6.45, 7) is 6.95. The molecule has 3 N–H and O–H groups in total. The minimum atomic E-state index is -0.316. The molecule has 1 aromatic carbocycles. The molecule has 0 saturated carbocycles. The second-order valence-corrected chi connectivity index (χ2v) is 7.51. The van der Waals surface area contributed by atoms with Crippen LogP contribution in [0.15, 0.2) is 12.1 Å². The second-order valence-electron chi connectivity index (χ2n) is 7.51. The van der Waals surface area contributed by atoms with Crippen molar-refractivity contribution >= 4 is 11.6 Å². The molecule has 3 atom stereocenters. The molecule has 2 fully saturated rings. The highest BCUT2D eigenvalue weighted by Gasteiger charge is 2.37. The van der Waals surface area contributed by atoms with Crippen LogP contribution in [0.2, 0.25) is 0 Å². The van der Waals surface area contributed by atoms with E-state index in [9.17, 15) is 4.79 Å². The zero-order valence-electron chi connectivity index (χ0n) is 16.5. The molecule has 0 aromatic heterocycles. The largest absolute Gasteiger partial charge is 0.477 e. The molecule has 2 heterocycles. The average molecular weight is 371 g/mol. The number of piperidine rings is 1. The van der Waals surface area contributed by atoms with Gasteiger partial charge in [0.05, 0.1) is 18.8 Å². The van der Waals surface area contributed by atoms with E-state index >= 15 is 0 Å². The summed E-state index contributed by atoms with van der Waals surface area (Å²) in [4.78, 5) is 15.4. The van der Waals surface area contributed by atoms with Crippen molar-refractivity contribution in [1.82, 2.24) is 10.2 Å². The predicted octanol–water partition coefficient (Wildman–Crippen LogP) is 1.96. The number of fused-ring (bicyclic) bond motifs is 2. The molecule has 0 aliphatic carbocycles. The first-order valence-corrected chi connectivity index (χ1v) is 9.48. The lowest BCUT2D eigenvalue weighted by molar-refractivity contribution is -0.0670. The molecule has 0 spiro atoms. The molecule has 2 saturated heterocycles. The van der Waals surface area contributed by atoms with Crippen LogP contribution >= 0.6 is 0 Å². The highest BCUT2D eigenvalue weighted by molar-refractivity contribution is 5.98. The Morgan fingerprint density at radius 2 is 2.04 bits per heavy atom. The van der Waals surface area contributed by atoms with E-state index in [2.05, 4.69) is 29.1 Å². The zero-order chi connectivity index (χ0) is 19.6. The molecular formula is C21H29N3O3. The Kier molecular flexibility index (Phi) is 5.93. The van der Waals surface area contributed by atoms with Gasteiger partial charge >= 0.3 is 0 Å². The lowest BCUT2D eigenvalue weighted by atomic mass is 9.90. The number of nitrogens with one attached hydrogen (secondary N) is 1. The number of nitrogens with zero attached hydrogens (tertiary/aromatic N) is 1. The van der Waals surface area contributed by atoms with E-state index in [1.54, 1.807) is 19.1 Å². The summed E-state index contributed by atoms with van der Waals surface area (Å²) in [5.41, 5.74) is 8.00. The molecule has 1 amide bonds. The average Bonchev–Trinajstić information content (AvgIpc) is 2.59. The number of carbonyl (C=O) groups is 1. The summed E-state index contributed by atoms with van der Waals surface area (Å²) >= 11 is 0. The van der Waals surface area contributed by atoms with Crippen LogP contribution < -0.4 is 15.8 Å². The standard InChI is InChI=1S/C21H29N3O3/c1-5-6-14(3)27-20-10-19(22)13(2)7-18(20)21(25)23-15-8-16-11-26-12-17(9-15)24(16)4/h7,10,14-17H,8-9,11-12,22H2,1-4H3,(H,23,25). The Labute approximate surface area is 161 Å². The zero-order valence-corrected chi connectivity index (χ0v) is 16.5. The fourth-order valence-corrected chi connectivity index (χ4v) is 3.88. The SMILES string of the molecule is CC#CC(C)Oc1cc(N)c(C)cc1C(=O)NC1CC2COCC(C1)N2C. The van der Waals surface area contributed by atoms with Crippen LogP contribution in [0.25, 0.3) is 0 Å². The molecule has 27 heavy (non-hydrogen) atoms. The maximum Gasteiger partial charge on any atom is 0.255 e. The van der Waals surface area contributed by atoms with E-state index in [-0.39, 0.29) is 18.1 Å². The molecule has 3 rings (SSSR count). The number of likely N-dealkylation sites (N-methyl/N-ethyl adjacent to an activating group) is 1. The van der Waals surface area contributed by atoms with Crippen molar-refractivity contribution in [2.75, 3.05) is 26.0 Å². The van der Waals surface area contributed by atoms with E-state index in [1.807, 2.05) is 13.8 Å². The van der Waals surface area contributed by atoms with Crippen LogP contribution in [0, 0.1) is 18.8 Å². The summed E-state index contributed by atoms with van der Waals surface area (Å²) in [6.07, 6.45) is 1.46. The lowest BCUT2D eigenvalue weighted by Crippen LogP contribution is -2.59. The summed E-state index contributed by atoms with van der Waals surface area (Å²) in [6, 6.07) is 4.35. The van der Waals surface area contributed by atoms with E-state index in [0.29, 0.717) is 29.1 Å². The maximum absolute atomic E-state index is 13.0. The van der Waals surface area contributed by atoms with Gasteiger partial charge < -0.3 is 20.5 Å². The first-order chi connectivity index (χ1) is 12.9. The van der Waals surface area contributed by atoms with Gasteiger partial charge in [0.25, 0.3) is 5.91 Å². The summed E-state index contributed by atoms with van der Waals surface area (Å²) in [7, 11) is 2.14. The summed E-state index contributed by atoms with van der Waals surface area (Å²) in [5.74, 6) is 6.12. The van der Waals surface area contributed by atoms with E-state index < -0.39 is 0 Å². The number of hydrogen-bond acceptors (Lipinski definition) is 5. The number of benzene rings is 1. The van der Waals surface area contributed by atoms with Crippen LogP contribution in [0.5, 0.6) is 5.75 Å². The third-order valence-corrected chi connectivity index (χ3v) is 5.49. The van der Waals surface area contributed by atoms with Gasteiger partial charge in [-0.25, -0.2) is 0 Å². The van der Waals surface area contributed by atoms with Gasteiger partial charge in [0, 0.05) is 29.9 Å². The maximum atomic E-state index is 13.0. The third kappa shape index (κ3) is 4.37. The Bertz CT molecular complexity index is 754. The molecule has 2 aliphatic rings. The smallest absolute Gasteiger partial charge is 0.255 e. The Balaban J connectivity index is 1.77. The van der Waals surface area contributed by atoms with E-state index in [0.717, 1.165) is 31.6 Å². The normalized spacial score (nSPS) is 25.9. The number of amides is 1. The molecule has 6 heteroatoms. The number of nitrogen functional groups attached to an aromatic ring is 1. The number of rotatable bonds is 4. The van der Waals surface area contributed by atoms with Crippen molar-refractivity contribution in [3.63, 3.8) is 0 Å². The molecule has 1 aromatic rings. The number of morpholine rings is 1. The van der Waals surface area contributed by atoms with E-state index in [1.165, 1.54) is 0 Å². The van der Waals surface area contributed by atoms with Crippen molar-refractivity contribution in [2.24, 2.45) is 0 Å². The molecule has 0 radical (unpaired) electrons. The molecule has 3 unspecified atom stereocenters. The quantitative estimate of drug-likeness (QED) is 0.625. The third-order valence-electron chi connectivity index (χ3n) is 5.49. The Morgan fingerprint density at radius 1 is 1.37 bits per heavy atom. The summed E-state index contributed by atoms with van der Waals surface area (Å²) in [5, 5.41) is 3.20. The molecule has 2 aliphatic heterocycles. The van der Waals surface area contributed by atoms with Crippen LogP contribution in [0.4, 0.5) is 5.69 Å². The van der Waals surface area contributed by atoms with Gasteiger partial charge in [-0.3, -0.25) is 9.69 Å². The minimum Gasteiger partial charge on any atom is -0.477 e. The molecule has 2 bridgehead atoms. The van der Waals surface area contributed by atoms with Gasteiger partial charge in [-0.05, 0) is 52.3 Å². The second kappa shape index (κ2) is 8.20. The molecule has 146 valence electrons. The van der Waals surface area contributed by atoms with Crippen molar-refractivity contribution in [1.29, 1.82) is 0 Å². The lowest BCUT2D eigenvalue weighted by Gasteiger charge is -2.46. The fraction of sp³-hybridized carbons (Fsp3) is 0.571. The minimum absolute atomic E-state index is 0.127. The van der Waals surface area contributed by atoms with Crippen LogP contribution in [-0.4, -0.2) is 55.3 Å². The monoisotopic (exact) mass is 371 g/mol. The van der Waals surface area contributed by atoms with Gasteiger partial charge in [0.2, 0.25) is 0 Å². The van der Waals surface area contributed by atoms with Crippen LogP contribution in [-0.2, 0) is 4.74 Å². The number of carbonyl (C=O) groups excluding carboxylic acids is 1. The first kappa shape index (κ1) is 19.5. The Hall–Kier alpha value is -2.23. The number of aryl methyl sites for hydroxylation is 1. The van der Waals surface area contributed by atoms with Crippen molar-refractivity contribution in [2.45, 2.75) is 57.8 Å². The van der Waals surface area contributed by atoms with Crippen molar-refractivity contribution in [3.8, 4) is 17.6 Å². The van der Waals surface area contributed by atoms with Crippen LogP contribution in [0.1, 0.15) is 42.6 Å². The van der Waals surface area contributed by atoms with Gasteiger partial charge in [0.15, 0.2) is 6.10 Å². The van der Waals surface area contributed by atoms with Gasteiger partial charge in [-0.2, -0.15) is 0 Å². The Morgan fingerprint density at radius 3 is 2.67 bits per heavy atom. The van der Waals surface area contributed by atoms with Gasteiger partial charge in [-0.15, -0.1) is 5.92 Å². The predicted molar refractivity (Wildman–Crippen MR) is 106 cm³/mol. The molecular weight excluding hydrogens is 342 g/mol. The van der Waals surface area contributed by atoms with Crippen molar-refractivity contribution in [3.05, 3.63) is 23.3 Å².